The molecule has 174 valence electrons. The summed E-state index contributed by atoms with van der Waals surface area (Å²) in [5.41, 5.74) is 2.44. The van der Waals surface area contributed by atoms with E-state index in [9.17, 15) is 9.59 Å². The van der Waals surface area contributed by atoms with E-state index < -0.39 is 11.2 Å². The van der Waals surface area contributed by atoms with Crippen LogP contribution < -0.4 is 11.2 Å². The Bertz CT molecular complexity index is 1370. The molecular formula is C24H31N7O2. The molecule has 0 amide bonds. The molecule has 1 aliphatic heterocycles. The number of aryl methyl sites for hydroxylation is 3. The summed E-state index contributed by atoms with van der Waals surface area (Å²) in [7, 11) is 1.63. The highest BCUT2D eigenvalue weighted by Crippen LogP contribution is 2.16. The molecule has 1 saturated heterocycles. The van der Waals surface area contributed by atoms with Gasteiger partial charge in [0, 0.05) is 58.2 Å². The largest absolute Gasteiger partial charge is 0.329 e. The van der Waals surface area contributed by atoms with Gasteiger partial charge in [-0.15, -0.1) is 0 Å². The molecule has 1 aromatic carbocycles. The lowest BCUT2D eigenvalue weighted by Crippen LogP contribution is -2.47. The van der Waals surface area contributed by atoms with Gasteiger partial charge >= 0.3 is 5.69 Å². The van der Waals surface area contributed by atoms with Crippen LogP contribution >= 0.6 is 0 Å². The number of benzene rings is 1. The van der Waals surface area contributed by atoms with Crippen LogP contribution in [0.5, 0.6) is 0 Å². The lowest BCUT2D eigenvalue weighted by atomic mass is 10.1. The van der Waals surface area contributed by atoms with Crippen LogP contribution in [0.4, 0.5) is 0 Å². The number of fused-ring (bicyclic) bond motifs is 3. The summed E-state index contributed by atoms with van der Waals surface area (Å²) >= 11 is 0. The predicted octanol–water partition coefficient (Wildman–Crippen LogP) is 1.23. The Morgan fingerprint density at radius 2 is 1.67 bits per heavy atom. The summed E-state index contributed by atoms with van der Waals surface area (Å²) < 4.78 is 5.32. The maximum atomic E-state index is 12.4. The number of aromatic nitrogens is 5. The third kappa shape index (κ3) is 4.26. The van der Waals surface area contributed by atoms with Gasteiger partial charge in [-0.25, -0.2) is 4.79 Å². The molecule has 9 heteroatoms. The van der Waals surface area contributed by atoms with Crippen molar-refractivity contribution in [2.45, 2.75) is 26.3 Å². The summed E-state index contributed by atoms with van der Waals surface area (Å²) in [6.07, 6.45) is 4.26. The van der Waals surface area contributed by atoms with E-state index in [-0.39, 0.29) is 0 Å². The van der Waals surface area contributed by atoms with E-state index in [1.807, 2.05) is 13.1 Å². The van der Waals surface area contributed by atoms with Gasteiger partial charge in [0.1, 0.15) is 0 Å². The fourth-order valence-corrected chi connectivity index (χ4v) is 4.82. The number of imidazole rings is 2. The zero-order valence-corrected chi connectivity index (χ0v) is 19.3. The monoisotopic (exact) mass is 449 g/mol. The normalized spacial score (nSPS) is 15.7. The Morgan fingerprint density at radius 3 is 2.39 bits per heavy atom. The summed E-state index contributed by atoms with van der Waals surface area (Å²) in [6, 6.07) is 10.7. The van der Waals surface area contributed by atoms with E-state index in [4.69, 9.17) is 0 Å². The number of hydrogen-bond acceptors (Lipinski definition) is 5. The molecule has 1 fully saturated rings. The van der Waals surface area contributed by atoms with E-state index in [1.54, 1.807) is 11.4 Å². The fraction of sp³-hybridized carbons (Fsp3) is 0.458. The maximum absolute atomic E-state index is 12.4. The van der Waals surface area contributed by atoms with Crippen molar-refractivity contribution >= 4 is 16.9 Å². The Hall–Kier alpha value is -3.17. The molecule has 4 aromatic rings. The second-order valence-corrected chi connectivity index (χ2v) is 8.97. The van der Waals surface area contributed by atoms with Gasteiger partial charge in [0.2, 0.25) is 5.78 Å². The molecule has 0 radical (unpaired) electrons. The van der Waals surface area contributed by atoms with Crippen LogP contribution in [0.1, 0.15) is 17.7 Å². The molecule has 4 heterocycles. The number of nitrogens with zero attached hydrogens (tertiary/aromatic N) is 6. The van der Waals surface area contributed by atoms with Crippen molar-refractivity contribution in [1.82, 2.24) is 33.3 Å². The standard InChI is InChI=1S/C24H31N7O2/c1-18-17-31-20-21(27(2)24(33)26-22(20)32)25-23(31)30(18)16-15-29-13-11-28(12-14-29)10-6-9-19-7-4-3-5-8-19/h3-5,7-8,17H,6,9-16H2,1-2H3,(H,26,32,33). The minimum absolute atomic E-state index is 0.402. The van der Waals surface area contributed by atoms with Gasteiger partial charge in [-0.3, -0.25) is 23.6 Å². The predicted molar refractivity (Wildman–Crippen MR) is 129 cm³/mol. The molecular weight excluding hydrogens is 418 g/mol. The second kappa shape index (κ2) is 8.99. The molecule has 0 aliphatic carbocycles. The lowest BCUT2D eigenvalue weighted by molar-refractivity contribution is 0.128. The van der Waals surface area contributed by atoms with Crippen molar-refractivity contribution < 1.29 is 0 Å². The van der Waals surface area contributed by atoms with Crippen LogP contribution in [-0.2, 0) is 20.0 Å². The molecule has 0 saturated carbocycles. The highest BCUT2D eigenvalue weighted by atomic mass is 16.2. The van der Waals surface area contributed by atoms with Crippen molar-refractivity contribution in [2.24, 2.45) is 7.05 Å². The topological polar surface area (TPSA) is 83.6 Å². The molecule has 33 heavy (non-hydrogen) atoms. The van der Waals surface area contributed by atoms with Crippen LogP contribution in [0.25, 0.3) is 16.9 Å². The number of hydrogen-bond donors (Lipinski definition) is 1. The third-order valence-electron chi connectivity index (χ3n) is 6.80. The molecule has 1 N–H and O–H groups in total. The smallest absolute Gasteiger partial charge is 0.313 e. The SMILES string of the molecule is Cc1cn2c3c(=O)[nH]c(=O)n(C)c3nc2n1CCN1CCN(CCCc2ccccc2)CC1. The van der Waals surface area contributed by atoms with Gasteiger partial charge in [-0.1, -0.05) is 30.3 Å². The number of H-pyrrole nitrogens is 1. The minimum Gasteiger partial charge on any atom is -0.313 e. The Labute approximate surface area is 191 Å². The van der Waals surface area contributed by atoms with Crippen molar-refractivity contribution in [3.05, 3.63) is 68.6 Å². The lowest BCUT2D eigenvalue weighted by Gasteiger charge is -2.34. The molecule has 9 nitrogen and oxygen atoms in total. The van der Waals surface area contributed by atoms with Crippen molar-refractivity contribution in [3.8, 4) is 0 Å². The zero-order valence-electron chi connectivity index (χ0n) is 19.3. The Morgan fingerprint density at radius 1 is 0.970 bits per heavy atom. The van der Waals surface area contributed by atoms with Gasteiger partial charge in [0.25, 0.3) is 5.56 Å². The van der Waals surface area contributed by atoms with Crippen molar-refractivity contribution in [3.63, 3.8) is 0 Å². The van der Waals surface area contributed by atoms with Gasteiger partial charge in [0.15, 0.2) is 11.2 Å². The fourth-order valence-electron chi connectivity index (χ4n) is 4.82. The van der Waals surface area contributed by atoms with Crippen molar-refractivity contribution in [2.75, 3.05) is 39.3 Å². The molecule has 1 aliphatic rings. The summed E-state index contributed by atoms with van der Waals surface area (Å²) in [6.45, 7) is 9.22. The highest BCUT2D eigenvalue weighted by Gasteiger charge is 2.19. The first-order chi connectivity index (χ1) is 16.0. The first-order valence-corrected chi connectivity index (χ1v) is 11.7. The van der Waals surface area contributed by atoms with E-state index in [0.717, 1.165) is 57.9 Å². The van der Waals surface area contributed by atoms with Crippen LogP contribution in [0.2, 0.25) is 0 Å². The number of nitrogens with one attached hydrogen (secondary N) is 1. The Kier molecular flexibility index (Phi) is 5.90. The Balaban J connectivity index is 1.19. The summed E-state index contributed by atoms with van der Waals surface area (Å²) in [5.74, 6) is 0.703. The molecule has 5 rings (SSSR count). The van der Waals surface area contributed by atoms with E-state index in [2.05, 4.69) is 54.7 Å². The van der Waals surface area contributed by atoms with Crippen LogP contribution in [0.15, 0.2) is 46.1 Å². The molecule has 0 atom stereocenters. The summed E-state index contributed by atoms with van der Waals surface area (Å²) in [4.78, 5) is 36.4. The van der Waals surface area contributed by atoms with Crippen LogP contribution in [0.3, 0.4) is 0 Å². The second-order valence-electron chi connectivity index (χ2n) is 8.97. The van der Waals surface area contributed by atoms with E-state index >= 15 is 0 Å². The third-order valence-corrected chi connectivity index (χ3v) is 6.80. The number of piperazine rings is 1. The molecule has 0 bridgehead atoms. The molecule has 0 unspecified atom stereocenters. The average molecular weight is 450 g/mol. The highest BCUT2D eigenvalue weighted by molar-refractivity contribution is 5.75. The molecule has 0 spiro atoms. The molecule has 3 aromatic heterocycles. The van der Waals surface area contributed by atoms with Gasteiger partial charge in [-0.2, -0.15) is 4.98 Å². The van der Waals surface area contributed by atoms with Crippen LogP contribution in [-0.4, -0.2) is 72.6 Å². The van der Waals surface area contributed by atoms with E-state index in [1.165, 1.54) is 16.6 Å². The zero-order chi connectivity index (χ0) is 22.9. The first kappa shape index (κ1) is 21.7. The van der Waals surface area contributed by atoms with Gasteiger partial charge in [-0.05, 0) is 31.9 Å². The van der Waals surface area contributed by atoms with Gasteiger partial charge in [0.05, 0.1) is 0 Å². The van der Waals surface area contributed by atoms with E-state index in [0.29, 0.717) is 16.9 Å². The van der Waals surface area contributed by atoms with Crippen molar-refractivity contribution in [1.29, 1.82) is 0 Å². The number of rotatable bonds is 7. The van der Waals surface area contributed by atoms with Crippen LogP contribution in [0, 0.1) is 6.92 Å². The van der Waals surface area contributed by atoms with Gasteiger partial charge < -0.3 is 9.47 Å². The maximum Gasteiger partial charge on any atom is 0.329 e. The summed E-state index contributed by atoms with van der Waals surface area (Å²) in [5, 5.41) is 0. The quantitative estimate of drug-likeness (QED) is 0.459. The minimum atomic E-state index is -0.446. The average Bonchev–Trinajstić information content (AvgIpc) is 3.33. The number of aromatic amines is 1. The first-order valence-electron chi connectivity index (χ1n) is 11.7.